The Labute approximate surface area is 164 Å². The monoisotopic (exact) mass is 401 g/mol. The van der Waals surface area contributed by atoms with Gasteiger partial charge in [-0.2, -0.15) is 5.10 Å². The number of rotatable bonds is 5. The topological polar surface area (TPSA) is 110 Å². The summed E-state index contributed by atoms with van der Waals surface area (Å²) in [6, 6.07) is 11.2. The first-order valence-corrected chi connectivity index (χ1v) is 8.61. The van der Waals surface area contributed by atoms with Gasteiger partial charge < -0.3 is 14.8 Å². The molecule has 0 saturated heterocycles. The van der Waals surface area contributed by atoms with Gasteiger partial charge in [0.15, 0.2) is 11.8 Å². The van der Waals surface area contributed by atoms with E-state index in [1.807, 2.05) is 0 Å². The molecule has 2 aromatic carbocycles. The van der Waals surface area contributed by atoms with Crippen molar-refractivity contribution in [1.29, 1.82) is 0 Å². The molecule has 0 aliphatic heterocycles. The van der Waals surface area contributed by atoms with E-state index in [4.69, 9.17) is 21.1 Å². The lowest BCUT2D eigenvalue weighted by Crippen LogP contribution is -2.30. The smallest absolute Gasteiger partial charge is 0.360 e. The summed E-state index contributed by atoms with van der Waals surface area (Å²) in [6.45, 7) is 1.41. The number of ether oxygens (including phenoxy) is 2. The van der Waals surface area contributed by atoms with Crippen LogP contribution in [0.2, 0.25) is 5.02 Å². The molecule has 3 aromatic rings. The van der Waals surface area contributed by atoms with Crippen molar-refractivity contribution in [3.63, 3.8) is 0 Å². The lowest BCUT2D eigenvalue weighted by molar-refractivity contribution is -0.123. The number of aromatic nitrogens is 2. The first-order chi connectivity index (χ1) is 13.4. The number of amides is 1. The molecular formula is C19H16ClN3O5. The van der Waals surface area contributed by atoms with Crippen molar-refractivity contribution in [3.8, 4) is 5.75 Å². The van der Waals surface area contributed by atoms with Crippen molar-refractivity contribution in [2.45, 2.75) is 13.0 Å². The third-order valence-corrected chi connectivity index (χ3v) is 4.20. The van der Waals surface area contributed by atoms with Gasteiger partial charge in [0.25, 0.3) is 11.5 Å². The van der Waals surface area contributed by atoms with Crippen molar-refractivity contribution in [3.05, 3.63) is 63.5 Å². The summed E-state index contributed by atoms with van der Waals surface area (Å²) in [5.74, 6) is -1.01. The van der Waals surface area contributed by atoms with Gasteiger partial charge in [-0.25, -0.2) is 9.89 Å². The van der Waals surface area contributed by atoms with Crippen LogP contribution in [0.1, 0.15) is 17.4 Å². The van der Waals surface area contributed by atoms with Crippen LogP contribution in [0.3, 0.4) is 0 Å². The van der Waals surface area contributed by atoms with Gasteiger partial charge in [0.05, 0.1) is 18.2 Å². The molecular weight excluding hydrogens is 386 g/mol. The minimum absolute atomic E-state index is 0.0878. The maximum atomic E-state index is 12.5. The van der Waals surface area contributed by atoms with E-state index in [1.165, 1.54) is 20.1 Å². The van der Waals surface area contributed by atoms with Gasteiger partial charge >= 0.3 is 5.97 Å². The number of methoxy groups -OCH3 is 1. The Morgan fingerprint density at radius 2 is 1.89 bits per heavy atom. The van der Waals surface area contributed by atoms with Crippen LogP contribution in [-0.2, 0) is 9.53 Å². The molecule has 2 N–H and O–H groups in total. The van der Waals surface area contributed by atoms with Crippen LogP contribution in [0, 0.1) is 0 Å². The number of benzene rings is 2. The number of aromatic amines is 1. The summed E-state index contributed by atoms with van der Waals surface area (Å²) < 4.78 is 10.4. The number of carbonyl (C=O) groups excluding carboxylic acids is 2. The maximum Gasteiger partial charge on any atom is 0.360 e. The number of hydrogen-bond acceptors (Lipinski definition) is 6. The number of nitrogens with one attached hydrogen (secondary N) is 2. The minimum atomic E-state index is -1.14. The van der Waals surface area contributed by atoms with Gasteiger partial charge in [0, 0.05) is 10.4 Å². The van der Waals surface area contributed by atoms with E-state index in [2.05, 4.69) is 15.5 Å². The maximum absolute atomic E-state index is 12.5. The molecule has 3 rings (SSSR count). The number of H-pyrrole nitrogens is 1. The summed E-state index contributed by atoms with van der Waals surface area (Å²) in [6.07, 6.45) is -1.14. The Bertz CT molecular complexity index is 1110. The average Bonchev–Trinajstić information content (AvgIpc) is 2.68. The number of nitrogens with zero attached hydrogens (tertiary/aromatic N) is 1. The van der Waals surface area contributed by atoms with Crippen molar-refractivity contribution in [1.82, 2.24) is 10.2 Å². The van der Waals surface area contributed by atoms with Gasteiger partial charge in [0.1, 0.15) is 5.75 Å². The molecule has 0 bridgehead atoms. The number of anilines is 1. The zero-order valence-corrected chi connectivity index (χ0v) is 15.7. The predicted molar refractivity (Wildman–Crippen MR) is 104 cm³/mol. The molecule has 28 heavy (non-hydrogen) atoms. The Kier molecular flexibility index (Phi) is 5.60. The Hall–Kier alpha value is -3.39. The van der Waals surface area contributed by atoms with Crippen molar-refractivity contribution in [2.24, 2.45) is 0 Å². The van der Waals surface area contributed by atoms with E-state index < -0.39 is 23.5 Å². The van der Waals surface area contributed by atoms with Crippen LogP contribution in [0.5, 0.6) is 5.75 Å². The highest BCUT2D eigenvalue weighted by Crippen LogP contribution is 2.28. The summed E-state index contributed by atoms with van der Waals surface area (Å²) in [4.78, 5) is 36.7. The van der Waals surface area contributed by atoms with E-state index in [9.17, 15) is 14.4 Å². The highest BCUT2D eigenvalue weighted by Gasteiger charge is 2.23. The third-order valence-electron chi connectivity index (χ3n) is 3.96. The molecule has 0 aliphatic carbocycles. The molecule has 0 spiro atoms. The zero-order valence-electron chi connectivity index (χ0n) is 15.0. The molecule has 8 nitrogen and oxygen atoms in total. The molecule has 0 radical (unpaired) electrons. The average molecular weight is 402 g/mol. The van der Waals surface area contributed by atoms with E-state index in [-0.39, 0.29) is 5.69 Å². The quantitative estimate of drug-likeness (QED) is 0.636. The van der Waals surface area contributed by atoms with Crippen molar-refractivity contribution < 1.29 is 19.1 Å². The molecule has 1 atom stereocenters. The fraction of sp³-hybridized carbons (Fsp3) is 0.158. The Morgan fingerprint density at radius 3 is 2.61 bits per heavy atom. The molecule has 0 fully saturated rings. The van der Waals surface area contributed by atoms with Crippen LogP contribution in [0.25, 0.3) is 10.8 Å². The van der Waals surface area contributed by atoms with E-state index in [1.54, 1.807) is 36.4 Å². The molecule has 1 amide bonds. The Balaban J connectivity index is 1.78. The zero-order chi connectivity index (χ0) is 20.3. The summed E-state index contributed by atoms with van der Waals surface area (Å²) in [5, 5.41) is 9.65. The SMILES string of the molecule is COc1ccc(Cl)cc1NC(=O)[C@H](C)OC(=O)c1n[nH]c(=O)c2ccccc12. The highest BCUT2D eigenvalue weighted by molar-refractivity contribution is 6.31. The third kappa shape index (κ3) is 3.96. The standard InChI is InChI=1S/C19H16ClN3O5/c1-10(17(24)21-14-9-11(20)7-8-15(14)27-2)28-19(26)16-12-5-3-4-6-13(12)18(25)23-22-16/h3-10H,1-2H3,(H,21,24)(H,23,25)/t10-/m0/s1. The number of halogens is 1. The molecule has 0 unspecified atom stereocenters. The van der Waals surface area contributed by atoms with Gasteiger partial charge in [0.2, 0.25) is 0 Å². The number of esters is 1. The van der Waals surface area contributed by atoms with Crippen LogP contribution in [0.4, 0.5) is 5.69 Å². The first-order valence-electron chi connectivity index (χ1n) is 8.23. The molecule has 0 aliphatic rings. The van der Waals surface area contributed by atoms with Crippen LogP contribution in [-0.4, -0.2) is 35.3 Å². The number of carbonyl (C=O) groups is 2. The summed E-state index contributed by atoms with van der Waals surface area (Å²) in [5.41, 5.74) is -0.170. The van der Waals surface area contributed by atoms with Crippen LogP contribution in [0.15, 0.2) is 47.3 Å². The normalized spacial score (nSPS) is 11.7. The van der Waals surface area contributed by atoms with Gasteiger partial charge in [-0.05, 0) is 31.2 Å². The molecule has 1 aromatic heterocycles. The fourth-order valence-corrected chi connectivity index (χ4v) is 2.72. The van der Waals surface area contributed by atoms with Crippen LogP contribution < -0.4 is 15.6 Å². The lowest BCUT2D eigenvalue weighted by Gasteiger charge is -2.15. The van der Waals surface area contributed by atoms with E-state index in [0.29, 0.717) is 27.2 Å². The molecule has 0 saturated carbocycles. The number of hydrogen-bond donors (Lipinski definition) is 2. The largest absolute Gasteiger partial charge is 0.495 e. The lowest BCUT2D eigenvalue weighted by atomic mass is 10.1. The van der Waals surface area contributed by atoms with Crippen LogP contribution >= 0.6 is 11.6 Å². The molecule has 1 heterocycles. The second-order valence-electron chi connectivity index (χ2n) is 5.83. The molecule has 144 valence electrons. The second-order valence-corrected chi connectivity index (χ2v) is 6.26. The van der Waals surface area contributed by atoms with Crippen molar-refractivity contribution in [2.75, 3.05) is 12.4 Å². The Morgan fingerprint density at radius 1 is 1.18 bits per heavy atom. The predicted octanol–water partition coefficient (Wildman–Crippen LogP) is 2.77. The summed E-state index contributed by atoms with van der Waals surface area (Å²) in [7, 11) is 1.45. The van der Waals surface area contributed by atoms with E-state index in [0.717, 1.165) is 0 Å². The van der Waals surface area contributed by atoms with Gasteiger partial charge in [-0.1, -0.05) is 29.8 Å². The fourth-order valence-electron chi connectivity index (χ4n) is 2.55. The minimum Gasteiger partial charge on any atom is -0.495 e. The number of fused-ring (bicyclic) bond motifs is 1. The summed E-state index contributed by atoms with van der Waals surface area (Å²) >= 11 is 5.94. The van der Waals surface area contributed by atoms with Gasteiger partial charge in [-0.15, -0.1) is 0 Å². The first kappa shape index (κ1) is 19.4. The molecule has 9 heteroatoms. The second kappa shape index (κ2) is 8.10. The van der Waals surface area contributed by atoms with Gasteiger partial charge in [-0.3, -0.25) is 9.59 Å². The van der Waals surface area contributed by atoms with Crippen molar-refractivity contribution >= 4 is 39.9 Å². The highest BCUT2D eigenvalue weighted by atomic mass is 35.5. The van der Waals surface area contributed by atoms with E-state index >= 15 is 0 Å².